The molecule has 0 spiro atoms. The number of aromatic hydroxyl groups is 2. The Morgan fingerprint density at radius 3 is 2.27 bits per heavy atom. The first kappa shape index (κ1) is 23.8. The van der Waals surface area contributed by atoms with Crippen LogP contribution in [0.1, 0.15) is 32.7 Å². The van der Waals surface area contributed by atoms with E-state index >= 15 is 0 Å². The number of amides is 2. The predicted molar refractivity (Wildman–Crippen MR) is 112 cm³/mol. The number of esters is 1. The largest absolute Gasteiger partial charge is 0.508 e. The molecule has 0 saturated heterocycles. The lowest BCUT2D eigenvalue weighted by Gasteiger charge is -2.41. The van der Waals surface area contributed by atoms with E-state index < -0.39 is 48.4 Å². The van der Waals surface area contributed by atoms with Crippen LogP contribution >= 0.6 is 0 Å². The maximum absolute atomic E-state index is 12.7. The Morgan fingerprint density at radius 2 is 1.67 bits per heavy atom. The van der Waals surface area contributed by atoms with Crippen LogP contribution in [0.5, 0.6) is 11.5 Å². The number of aryl methyl sites for hydroxylation is 1. The number of carbonyl (C=O) groups is 3. The van der Waals surface area contributed by atoms with E-state index in [9.17, 15) is 34.8 Å². The molecule has 1 fully saturated rings. The van der Waals surface area contributed by atoms with Crippen LogP contribution in [0.25, 0.3) is 0 Å². The van der Waals surface area contributed by atoms with Crippen molar-refractivity contribution < 1.29 is 44.3 Å². The molecule has 2 amide bonds. The van der Waals surface area contributed by atoms with Crippen LogP contribution in [-0.2, 0) is 9.47 Å². The minimum absolute atomic E-state index is 0.0475. The Morgan fingerprint density at radius 1 is 1.00 bits per heavy atom. The fourth-order valence-electron chi connectivity index (χ4n) is 3.69. The first-order chi connectivity index (χ1) is 15.6. The number of primary amides is 1. The van der Waals surface area contributed by atoms with Gasteiger partial charge in [0.2, 0.25) is 0 Å². The fourth-order valence-corrected chi connectivity index (χ4v) is 3.69. The van der Waals surface area contributed by atoms with Gasteiger partial charge in [-0.3, -0.25) is 4.79 Å². The summed E-state index contributed by atoms with van der Waals surface area (Å²) < 4.78 is 10.2. The monoisotopic (exact) mass is 460 g/mol. The van der Waals surface area contributed by atoms with E-state index in [1.807, 2.05) is 0 Å². The van der Waals surface area contributed by atoms with Gasteiger partial charge >= 0.3 is 12.1 Å². The highest BCUT2D eigenvalue weighted by atomic mass is 16.6. The highest BCUT2D eigenvalue weighted by Gasteiger charge is 2.48. The van der Waals surface area contributed by atoms with Crippen LogP contribution in [0.15, 0.2) is 42.5 Å². The number of nitrogens with two attached hydrogens (primary N) is 1. The van der Waals surface area contributed by atoms with Crippen molar-refractivity contribution in [1.82, 2.24) is 5.32 Å². The van der Waals surface area contributed by atoms with Crippen molar-refractivity contribution in [1.29, 1.82) is 0 Å². The van der Waals surface area contributed by atoms with Gasteiger partial charge in [0, 0.05) is 12.0 Å². The van der Waals surface area contributed by atoms with Gasteiger partial charge in [0.15, 0.2) is 6.10 Å². The average molecular weight is 460 g/mol. The molecular weight excluding hydrogens is 436 g/mol. The Bertz CT molecular complexity index is 1020. The van der Waals surface area contributed by atoms with Crippen LogP contribution in [0.4, 0.5) is 4.79 Å². The lowest BCUT2D eigenvalue weighted by atomic mass is 9.85. The summed E-state index contributed by atoms with van der Waals surface area (Å²) in [7, 11) is 0. The number of nitrogens with one attached hydrogen (secondary N) is 1. The van der Waals surface area contributed by atoms with Gasteiger partial charge in [-0.2, -0.15) is 0 Å². The molecule has 7 N–H and O–H groups in total. The Kier molecular flexibility index (Phi) is 7.04. The van der Waals surface area contributed by atoms with E-state index in [1.165, 1.54) is 36.4 Å². The molecule has 5 atom stereocenters. The quantitative estimate of drug-likeness (QED) is 0.341. The fraction of sp³-hybridized carbons (Fsp3) is 0.318. The van der Waals surface area contributed by atoms with Crippen molar-refractivity contribution >= 4 is 18.0 Å². The highest BCUT2D eigenvalue weighted by molar-refractivity contribution is 5.95. The number of hydrogen-bond acceptors (Lipinski definition) is 9. The summed E-state index contributed by atoms with van der Waals surface area (Å²) in [6.07, 6.45) is -7.62. The number of benzene rings is 2. The summed E-state index contributed by atoms with van der Waals surface area (Å²) in [5, 5.41) is 43.3. The van der Waals surface area contributed by atoms with Gasteiger partial charge in [-0.1, -0.05) is 12.1 Å². The number of rotatable bonds is 5. The summed E-state index contributed by atoms with van der Waals surface area (Å²) >= 11 is 0. The Labute approximate surface area is 188 Å². The first-order valence-electron chi connectivity index (χ1n) is 10.00. The maximum atomic E-state index is 12.7. The predicted octanol–water partition coefficient (Wildman–Crippen LogP) is 0.320. The van der Waals surface area contributed by atoms with Crippen molar-refractivity contribution in [3.8, 4) is 11.5 Å². The summed E-state index contributed by atoms with van der Waals surface area (Å²) in [4.78, 5) is 36.6. The van der Waals surface area contributed by atoms with Crippen LogP contribution in [0.3, 0.4) is 0 Å². The number of phenolic OH excluding ortho intramolecular Hbond substituents is 2. The van der Waals surface area contributed by atoms with Gasteiger partial charge in [-0.25, -0.2) is 9.59 Å². The third-order valence-electron chi connectivity index (χ3n) is 5.36. The van der Waals surface area contributed by atoms with E-state index in [1.54, 1.807) is 13.0 Å². The average Bonchev–Trinajstić information content (AvgIpc) is 2.74. The number of carbonyl (C=O) groups excluding carboxylic acids is 3. The van der Waals surface area contributed by atoms with E-state index in [4.69, 9.17) is 15.2 Å². The van der Waals surface area contributed by atoms with Gasteiger partial charge in [0.05, 0.1) is 6.04 Å². The van der Waals surface area contributed by atoms with Crippen LogP contribution in [0, 0.1) is 6.92 Å². The van der Waals surface area contributed by atoms with Gasteiger partial charge in [0.25, 0.3) is 5.91 Å². The minimum Gasteiger partial charge on any atom is -0.508 e. The molecule has 0 aromatic heterocycles. The standard InChI is InChI=1S/C22H24N2O9/c1-10-3-2-4-14(26)16(10)21(30)33-19-17(27)13(9-15(18(19)28)32-22(23)31)24-20(29)11-5-7-12(25)8-6-11/h2-8,13,15,17-19,25-28H,9H2,1H3,(H2,23,31)(H,24,29)/t13-,15+,17+,18-,19-/m0/s1. The Hall–Kier alpha value is -3.83. The van der Waals surface area contributed by atoms with E-state index in [0.717, 1.165) is 0 Å². The summed E-state index contributed by atoms with van der Waals surface area (Å²) in [6.45, 7) is 1.56. The zero-order valence-electron chi connectivity index (χ0n) is 17.5. The molecule has 0 bridgehead atoms. The summed E-state index contributed by atoms with van der Waals surface area (Å²) in [6, 6.07) is 8.55. The Balaban J connectivity index is 1.84. The molecule has 1 saturated carbocycles. The molecule has 1 aliphatic carbocycles. The van der Waals surface area contributed by atoms with Gasteiger partial charge in [-0.05, 0) is 42.8 Å². The number of phenols is 2. The second-order valence-corrected chi connectivity index (χ2v) is 7.66. The molecule has 33 heavy (non-hydrogen) atoms. The molecule has 0 unspecified atom stereocenters. The molecule has 176 valence electrons. The third-order valence-corrected chi connectivity index (χ3v) is 5.36. The zero-order chi connectivity index (χ0) is 24.3. The van der Waals surface area contributed by atoms with Gasteiger partial charge in [-0.15, -0.1) is 0 Å². The van der Waals surface area contributed by atoms with Crippen molar-refractivity contribution in [3.63, 3.8) is 0 Å². The molecule has 0 radical (unpaired) electrons. The second kappa shape index (κ2) is 9.76. The van der Waals surface area contributed by atoms with Crippen LogP contribution in [-0.4, -0.2) is 68.9 Å². The minimum atomic E-state index is -1.66. The second-order valence-electron chi connectivity index (χ2n) is 7.66. The van der Waals surface area contributed by atoms with E-state index in [0.29, 0.717) is 5.56 Å². The molecule has 2 aromatic carbocycles. The van der Waals surface area contributed by atoms with Crippen molar-refractivity contribution in [2.45, 2.75) is 43.8 Å². The summed E-state index contributed by atoms with van der Waals surface area (Å²) in [5.41, 5.74) is 5.45. The topological polar surface area (TPSA) is 189 Å². The SMILES string of the molecule is Cc1cccc(O)c1C(=O)O[C@@H]1[C@@H](O)[C@H](OC(N)=O)C[C@H](NC(=O)c2ccc(O)cc2)[C@H]1O. The van der Waals surface area contributed by atoms with Crippen molar-refractivity contribution in [2.24, 2.45) is 5.73 Å². The lowest BCUT2D eigenvalue weighted by molar-refractivity contribution is -0.148. The molecular formula is C22H24N2O9. The van der Waals surface area contributed by atoms with Crippen molar-refractivity contribution in [2.75, 3.05) is 0 Å². The van der Waals surface area contributed by atoms with Crippen molar-refractivity contribution in [3.05, 3.63) is 59.2 Å². The van der Waals surface area contributed by atoms with Gasteiger partial charge in [0.1, 0.15) is 35.4 Å². The molecule has 11 nitrogen and oxygen atoms in total. The molecule has 2 aromatic rings. The number of ether oxygens (including phenoxy) is 2. The molecule has 0 heterocycles. The number of aliphatic hydroxyl groups excluding tert-OH is 2. The maximum Gasteiger partial charge on any atom is 0.404 e. The number of aliphatic hydroxyl groups is 2. The van der Waals surface area contributed by atoms with Gasteiger partial charge < -0.3 is 41.0 Å². The highest BCUT2D eigenvalue weighted by Crippen LogP contribution is 2.29. The smallest absolute Gasteiger partial charge is 0.404 e. The zero-order valence-corrected chi connectivity index (χ0v) is 17.5. The lowest BCUT2D eigenvalue weighted by Crippen LogP contribution is -2.63. The van der Waals surface area contributed by atoms with E-state index in [-0.39, 0.29) is 29.0 Å². The normalized spacial score (nSPS) is 24.5. The molecule has 11 heteroatoms. The third kappa shape index (κ3) is 5.33. The molecule has 1 aliphatic rings. The number of hydrogen-bond donors (Lipinski definition) is 6. The van der Waals surface area contributed by atoms with Crippen LogP contribution < -0.4 is 11.1 Å². The van der Waals surface area contributed by atoms with Crippen LogP contribution in [0.2, 0.25) is 0 Å². The first-order valence-corrected chi connectivity index (χ1v) is 10.00. The van der Waals surface area contributed by atoms with E-state index in [2.05, 4.69) is 5.32 Å². The summed E-state index contributed by atoms with van der Waals surface area (Å²) in [5.74, 6) is -2.07. The molecule has 0 aliphatic heterocycles. The molecule has 3 rings (SSSR count).